The molecule has 0 bridgehead atoms. The van der Waals surface area contributed by atoms with Gasteiger partial charge in [-0.15, -0.1) is 0 Å². The lowest BCUT2D eigenvalue weighted by molar-refractivity contribution is 0.101. The van der Waals surface area contributed by atoms with Crippen LogP contribution in [-0.2, 0) is 7.05 Å². The fourth-order valence-electron chi connectivity index (χ4n) is 5.42. The molecule has 0 amide bonds. The lowest BCUT2D eigenvalue weighted by atomic mass is 9.97. The van der Waals surface area contributed by atoms with Gasteiger partial charge in [0, 0.05) is 38.3 Å². The number of nitrogens with zero attached hydrogens (tertiary/aromatic N) is 6. The average Bonchev–Trinajstić information content (AvgIpc) is 3.77. The molecule has 3 aromatic rings. The minimum absolute atomic E-state index is 0.168. The van der Waals surface area contributed by atoms with Crippen molar-refractivity contribution in [2.24, 2.45) is 13.0 Å². The topological polar surface area (TPSA) is 87.3 Å². The van der Waals surface area contributed by atoms with Crippen LogP contribution in [0.2, 0.25) is 0 Å². The van der Waals surface area contributed by atoms with E-state index in [0.717, 1.165) is 44.2 Å². The Bertz CT molecular complexity index is 1360. The lowest BCUT2D eigenvalue weighted by Crippen LogP contribution is -2.59. The lowest BCUT2D eigenvalue weighted by Gasteiger charge is -2.49. The van der Waals surface area contributed by atoms with Gasteiger partial charge in [0.1, 0.15) is 23.0 Å². The third-order valence-electron chi connectivity index (χ3n) is 8.05. The summed E-state index contributed by atoms with van der Waals surface area (Å²) in [7, 11) is 1.70. The van der Waals surface area contributed by atoms with E-state index in [-0.39, 0.29) is 23.8 Å². The summed E-state index contributed by atoms with van der Waals surface area (Å²) < 4.78 is 7.44. The van der Waals surface area contributed by atoms with E-state index in [1.807, 2.05) is 0 Å². The predicted octanol–water partition coefficient (Wildman–Crippen LogP) is 4.43. The van der Waals surface area contributed by atoms with Gasteiger partial charge in [-0.2, -0.15) is 10.2 Å². The summed E-state index contributed by atoms with van der Waals surface area (Å²) in [5.74, 6) is 2.27. The zero-order valence-electron chi connectivity index (χ0n) is 22.2. The van der Waals surface area contributed by atoms with Crippen molar-refractivity contribution in [1.29, 1.82) is 5.26 Å². The highest BCUT2D eigenvalue weighted by Gasteiger charge is 2.36. The number of hydrogen-bond donors (Lipinski definition) is 0. The van der Waals surface area contributed by atoms with Gasteiger partial charge in [-0.25, -0.2) is 9.78 Å². The van der Waals surface area contributed by atoms with Gasteiger partial charge in [0.15, 0.2) is 5.82 Å². The Kier molecular flexibility index (Phi) is 7.16. The molecular weight excluding hydrogens is 464 g/mol. The molecular formula is C29H36N6O2. The Hall–Kier alpha value is -3.44. The second-order valence-corrected chi connectivity index (χ2v) is 10.4. The van der Waals surface area contributed by atoms with Gasteiger partial charge in [-0.05, 0) is 68.4 Å². The Labute approximate surface area is 218 Å². The number of hydrogen-bond acceptors (Lipinski definition) is 7. The van der Waals surface area contributed by atoms with Crippen LogP contribution >= 0.6 is 0 Å². The van der Waals surface area contributed by atoms with Crippen molar-refractivity contribution in [2.45, 2.75) is 64.6 Å². The molecule has 2 fully saturated rings. The SMILES string of the molecule is CC[C@H]1CN(C(C)c2ccc(OCC3CC3)cc2)[C@H](CC)CN1c1nc(=O)n(C)c2ccc(C#N)nc12. The average molecular weight is 501 g/mol. The maximum Gasteiger partial charge on any atom is 0.349 e. The molecule has 1 aromatic carbocycles. The van der Waals surface area contributed by atoms with Gasteiger partial charge >= 0.3 is 5.69 Å². The first-order valence-electron chi connectivity index (χ1n) is 13.5. The normalized spacial score (nSPS) is 21.1. The van der Waals surface area contributed by atoms with Crippen LogP contribution in [0.4, 0.5) is 5.82 Å². The molecule has 8 heteroatoms. The van der Waals surface area contributed by atoms with Gasteiger partial charge < -0.3 is 9.64 Å². The molecule has 3 atom stereocenters. The first kappa shape index (κ1) is 25.2. The van der Waals surface area contributed by atoms with E-state index in [4.69, 9.17) is 4.74 Å². The summed E-state index contributed by atoms with van der Waals surface area (Å²) in [6.07, 6.45) is 4.45. The van der Waals surface area contributed by atoms with Crippen LogP contribution in [0.1, 0.15) is 63.8 Å². The van der Waals surface area contributed by atoms with Crippen molar-refractivity contribution in [2.75, 3.05) is 24.6 Å². The largest absolute Gasteiger partial charge is 0.493 e. The molecule has 1 unspecified atom stereocenters. The fraction of sp³-hybridized carbons (Fsp3) is 0.517. The molecule has 2 aliphatic rings. The third kappa shape index (κ3) is 5.05. The summed E-state index contributed by atoms with van der Waals surface area (Å²) in [5, 5.41) is 9.45. The van der Waals surface area contributed by atoms with Gasteiger partial charge in [-0.1, -0.05) is 26.0 Å². The zero-order valence-corrected chi connectivity index (χ0v) is 22.2. The number of pyridine rings is 1. The van der Waals surface area contributed by atoms with Crippen molar-refractivity contribution in [3.05, 3.63) is 58.1 Å². The van der Waals surface area contributed by atoms with Crippen LogP contribution < -0.4 is 15.3 Å². The Morgan fingerprint density at radius 3 is 2.43 bits per heavy atom. The van der Waals surface area contributed by atoms with Crippen LogP contribution in [0.15, 0.2) is 41.2 Å². The van der Waals surface area contributed by atoms with E-state index < -0.39 is 0 Å². The summed E-state index contributed by atoms with van der Waals surface area (Å²) in [5.41, 5.74) is 2.59. The highest BCUT2D eigenvalue weighted by molar-refractivity contribution is 5.86. The van der Waals surface area contributed by atoms with Crippen LogP contribution in [-0.4, -0.2) is 51.2 Å². The molecule has 37 heavy (non-hydrogen) atoms. The minimum Gasteiger partial charge on any atom is -0.493 e. The van der Waals surface area contributed by atoms with Crippen molar-refractivity contribution >= 4 is 16.9 Å². The van der Waals surface area contributed by atoms with Gasteiger partial charge in [0.2, 0.25) is 0 Å². The highest BCUT2D eigenvalue weighted by atomic mass is 16.5. The van der Waals surface area contributed by atoms with Crippen LogP contribution in [0.25, 0.3) is 11.0 Å². The van der Waals surface area contributed by atoms with Gasteiger partial charge in [0.05, 0.1) is 12.1 Å². The summed E-state index contributed by atoms with van der Waals surface area (Å²) in [6, 6.07) is 14.8. The first-order chi connectivity index (χ1) is 17.9. The number of nitriles is 1. The Morgan fingerprint density at radius 1 is 1.05 bits per heavy atom. The first-order valence-corrected chi connectivity index (χ1v) is 13.5. The molecule has 0 spiro atoms. The van der Waals surface area contributed by atoms with Crippen molar-refractivity contribution in [3.63, 3.8) is 0 Å². The molecule has 1 saturated carbocycles. The molecule has 2 aromatic heterocycles. The second kappa shape index (κ2) is 10.5. The summed E-state index contributed by atoms with van der Waals surface area (Å²) in [4.78, 5) is 26.7. The predicted molar refractivity (Wildman–Crippen MR) is 145 cm³/mol. The molecule has 1 aliphatic carbocycles. The molecule has 8 nitrogen and oxygen atoms in total. The number of piperazine rings is 1. The molecule has 5 rings (SSSR count). The van der Waals surface area contributed by atoms with E-state index in [1.165, 1.54) is 23.0 Å². The molecule has 1 aliphatic heterocycles. The number of benzene rings is 1. The van der Waals surface area contributed by atoms with Crippen molar-refractivity contribution in [3.8, 4) is 11.8 Å². The standard InChI is InChI=1S/C29H36N6O2/c1-5-23-17-35(28-27-26(33(4)29(36)32-28)14-11-22(15-30)31-27)24(6-2)16-34(23)19(3)21-9-12-25(13-10-21)37-18-20-7-8-20/h9-14,19-20,23-24H,5-8,16-18H2,1-4H3/t19?,23-,24+/m1/s1. The summed E-state index contributed by atoms with van der Waals surface area (Å²) in [6.45, 7) is 9.09. The van der Waals surface area contributed by atoms with Crippen molar-refractivity contribution in [1.82, 2.24) is 19.4 Å². The van der Waals surface area contributed by atoms with Crippen LogP contribution in [0.5, 0.6) is 5.75 Å². The summed E-state index contributed by atoms with van der Waals surface area (Å²) >= 11 is 0. The van der Waals surface area contributed by atoms with Gasteiger partial charge in [0.25, 0.3) is 0 Å². The maximum atomic E-state index is 12.8. The molecule has 1 saturated heterocycles. The van der Waals surface area contributed by atoms with E-state index in [9.17, 15) is 10.1 Å². The second-order valence-electron chi connectivity index (χ2n) is 10.4. The minimum atomic E-state index is -0.309. The number of ether oxygens (including phenoxy) is 1. The van der Waals surface area contributed by atoms with Crippen LogP contribution in [0.3, 0.4) is 0 Å². The van der Waals surface area contributed by atoms with E-state index in [1.54, 1.807) is 19.2 Å². The van der Waals surface area contributed by atoms with Crippen LogP contribution in [0, 0.1) is 17.2 Å². The number of aromatic nitrogens is 3. The monoisotopic (exact) mass is 500 g/mol. The molecule has 194 valence electrons. The van der Waals surface area contributed by atoms with Gasteiger partial charge in [-0.3, -0.25) is 9.47 Å². The third-order valence-corrected chi connectivity index (χ3v) is 8.05. The highest BCUT2D eigenvalue weighted by Crippen LogP contribution is 2.34. The maximum absolute atomic E-state index is 12.8. The quantitative estimate of drug-likeness (QED) is 0.452. The molecule has 0 radical (unpaired) electrons. The number of fused-ring (bicyclic) bond motifs is 1. The van der Waals surface area contributed by atoms with E-state index in [2.05, 4.69) is 70.9 Å². The zero-order chi connectivity index (χ0) is 26.1. The molecule has 3 heterocycles. The van der Waals surface area contributed by atoms with E-state index in [0.29, 0.717) is 22.5 Å². The number of anilines is 1. The van der Waals surface area contributed by atoms with Crippen molar-refractivity contribution < 1.29 is 4.74 Å². The smallest absolute Gasteiger partial charge is 0.349 e. The number of rotatable bonds is 8. The Balaban J connectivity index is 1.42. The fourth-order valence-corrected chi connectivity index (χ4v) is 5.42. The number of aryl methyl sites for hydroxylation is 1. The van der Waals surface area contributed by atoms with E-state index >= 15 is 0 Å². The molecule has 0 N–H and O–H groups in total. The Morgan fingerprint density at radius 2 is 1.78 bits per heavy atom.